The predicted molar refractivity (Wildman–Crippen MR) is 112 cm³/mol. The summed E-state index contributed by atoms with van der Waals surface area (Å²) in [4.78, 5) is 29.3. The van der Waals surface area contributed by atoms with Gasteiger partial charge in [0.15, 0.2) is 0 Å². The number of amides is 2. The van der Waals surface area contributed by atoms with Crippen LogP contribution in [0.15, 0.2) is 30.3 Å². The molecule has 2 heterocycles. The number of rotatable bonds is 5. The van der Waals surface area contributed by atoms with Crippen LogP contribution >= 0.6 is 0 Å². The monoisotopic (exact) mass is 421 g/mol. The van der Waals surface area contributed by atoms with Crippen molar-refractivity contribution in [2.75, 3.05) is 40.0 Å². The number of hydrogen-bond acceptors (Lipinski definition) is 4. The number of fused-ring (bicyclic) bond motifs is 1. The van der Waals surface area contributed by atoms with Gasteiger partial charge in [-0.05, 0) is 31.2 Å². The molecule has 0 spiro atoms. The van der Waals surface area contributed by atoms with Crippen molar-refractivity contribution in [1.82, 2.24) is 14.1 Å². The summed E-state index contributed by atoms with van der Waals surface area (Å²) in [5, 5.41) is 0. The number of likely N-dealkylation sites (tertiary alicyclic amines) is 1. The normalized spacial score (nSPS) is 26.6. The maximum Gasteiger partial charge on any atom is 0.231 e. The molecule has 8 heteroatoms. The zero-order chi connectivity index (χ0) is 21.2. The van der Waals surface area contributed by atoms with Gasteiger partial charge in [0.25, 0.3) is 0 Å². The summed E-state index contributed by atoms with van der Waals surface area (Å²) in [5.74, 6) is -0.109. The van der Waals surface area contributed by atoms with Gasteiger partial charge in [-0.1, -0.05) is 30.3 Å². The largest absolute Gasteiger partial charge is 0.348 e. The van der Waals surface area contributed by atoms with Crippen molar-refractivity contribution >= 4 is 21.8 Å². The molecule has 29 heavy (non-hydrogen) atoms. The van der Waals surface area contributed by atoms with E-state index in [1.165, 1.54) is 14.8 Å². The average molecular weight is 422 g/mol. The van der Waals surface area contributed by atoms with Gasteiger partial charge < -0.3 is 9.80 Å². The van der Waals surface area contributed by atoms with E-state index >= 15 is 0 Å². The van der Waals surface area contributed by atoms with Crippen LogP contribution in [0, 0.1) is 5.41 Å². The lowest BCUT2D eigenvalue weighted by Gasteiger charge is -2.53. The summed E-state index contributed by atoms with van der Waals surface area (Å²) in [6.07, 6.45) is 2.77. The fourth-order valence-electron chi connectivity index (χ4n) is 4.73. The number of piperidine rings is 1. The fraction of sp³-hybridized carbons (Fsp3) is 0.619. The molecule has 2 saturated heterocycles. The lowest BCUT2D eigenvalue weighted by atomic mass is 9.72. The number of carbonyl (C=O) groups excluding carboxylic acids is 2. The van der Waals surface area contributed by atoms with Gasteiger partial charge >= 0.3 is 0 Å². The van der Waals surface area contributed by atoms with Crippen LogP contribution in [0.3, 0.4) is 0 Å². The highest BCUT2D eigenvalue weighted by Gasteiger charge is 2.57. The maximum atomic E-state index is 13.1. The summed E-state index contributed by atoms with van der Waals surface area (Å²) >= 11 is 0. The summed E-state index contributed by atoms with van der Waals surface area (Å²) in [5.41, 5.74) is 0.342. The second-order valence-corrected chi connectivity index (χ2v) is 10.5. The molecule has 2 aliphatic rings. The molecular weight excluding hydrogens is 390 g/mol. The molecule has 2 amide bonds. The van der Waals surface area contributed by atoms with Gasteiger partial charge in [0.1, 0.15) is 0 Å². The molecule has 0 N–H and O–H groups in total. The lowest BCUT2D eigenvalue weighted by Crippen LogP contribution is -2.67. The predicted octanol–water partition coefficient (Wildman–Crippen LogP) is 1.35. The Balaban J connectivity index is 1.72. The molecule has 1 aromatic rings. The number of benzene rings is 1. The molecule has 160 valence electrons. The van der Waals surface area contributed by atoms with Crippen molar-refractivity contribution in [3.05, 3.63) is 35.9 Å². The van der Waals surface area contributed by atoms with Crippen molar-refractivity contribution < 1.29 is 18.0 Å². The van der Waals surface area contributed by atoms with Crippen LogP contribution in [0.4, 0.5) is 0 Å². The summed E-state index contributed by atoms with van der Waals surface area (Å²) < 4.78 is 26.1. The Hall–Kier alpha value is -1.93. The molecule has 2 atom stereocenters. The minimum Gasteiger partial charge on any atom is -0.348 e. The smallest absolute Gasteiger partial charge is 0.231 e. The third-order valence-corrected chi connectivity index (χ3v) is 8.20. The maximum absolute atomic E-state index is 13.1. The third-order valence-electron chi connectivity index (χ3n) is 6.35. The van der Waals surface area contributed by atoms with Gasteiger partial charge in [-0.2, -0.15) is 0 Å². The Kier molecular flexibility index (Phi) is 6.33. The average Bonchev–Trinajstić information content (AvgIpc) is 2.71. The standard InChI is InChI=1S/C21H31N3O4S/c1-22(2)20(26)21-13-15-29(27,28)23(3)18(21)12-14-24(16-21)19(25)11-7-10-17-8-5-4-6-9-17/h4-6,8-9,18H,7,10-16H2,1-3H3/t18-,21+/m1/s1. The first kappa shape index (κ1) is 21.8. The molecule has 2 aliphatic heterocycles. The van der Waals surface area contributed by atoms with E-state index in [1.807, 2.05) is 18.2 Å². The van der Waals surface area contributed by atoms with Gasteiger partial charge in [-0.25, -0.2) is 12.7 Å². The molecule has 2 fully saturated rings. The van der Waals surface area contributed by atoms with E-state index in [1.54, 1.807) is 26.0 Å². The highest BCUT2D eigenvalue weighted by atomic mass is 32.2. The van der Waals surface area contributed by atoms with Crippen LogP contribution in [-0.4, -0.2) is 80.4 Å². The van der Waals surface area contributed by atoms with Crippen molar-refractivity contribution in [2.24, 2.45) is 5.41 Å². The topological polar surface area (TPSA) is 78.0 Å². The molecular formula is C21H31N3O4S. The van der Waals surface area contributed by atoms with E-state index in [0.29, 0.717) is 25.9 Å². The molecule has 0 saturated carbocycles. The summed E-state index contributed by atoms with van der Waals surface area (Å²) in [6, 6.07) is 9.67. The van der Waals surface area contributed by atoms with E-state index in [4.69, 9.17) is 0 Å². The van der Waals surface area contributed by atoms with E-state index in [2.05, 4.69) is 12.1 Å². The quantitative estimate of drug-likeness (QED) is 0.719. The number of carbonyl (C=O) groups is 2. The van der Waals surface area contributed by atoms with Crippen molar-refractivity contribution in [3.8, 4) is 0 Å². The molecule has 0 aromatic heterocycles. The molecule has 0 radical (unpaired) electrons. The Bertz CT molecular complexity index is 856. The van der Waals surface area contributed by atoms with Crippen LogP contribution in [0.5, 0.6) is 0 Å². The fourth-order valence-corrected chi connectivity index (χ4v) is 6.33. The van der Waals surface area contributed by atoms with Crippen molar-refractivity contribution in [3.63, 3.8) is 0 Å². The molecule has 7 nitrogen and oxygen atoms in total. The van der Waals surface area contributed by atoms with Gasteiger partial charge in [-0.3, -0.25) is 9.59 Å². The van der Waals surface area contributed by atoms with Gasteiger partial charge in [-0.15, -0.1) is 0 Å². The number of hydrogen-bond donors (Lipinski definition) is 0. The second kappa shape index (κ2) is 8.44. The van der Waals surface area contributed by atoms with Crippen molar-refractivity contribution in [1.29, 1.82) is 0 Å². The summed E-state index contributed by atoms with van der Waals surface area (Å²) in [7, 11) is 1.60. The minimum absolute atomic E-state index is 0.0430. The van der Waals surface area contributed by atoms with Crippen LogP contribution < -0.4 is 0 Å². The number of sulfonamides is 1. The zero-order valence-electron chi connectivity index (χ0n) is 17.5. The Morgan fingerprint density at radius 2 is 1.90 bits per heavy atom. The second-order valence-electron chi connectivity index (χ2n) is 8.40. The number of nitrogens with zero attached hydrogens (tertiary/aromatic N) is 3. The van der Waals surface area contributed by atoms with E-state index in [0.717, 1.165) is 12.8 Å². The third kappa shape index (κ3) is 4.33. The van der Waals surface area contributed by atoms with Gasteiger partial charge in [0.2, 0.25) is 21.8 Å². The van der Waals surface area contributed by atoms with Crippen LogP contribution in [0.2, 0.25) is 0 Å². The molecule has 0 aliphatic carbocycles. The van der Waals surface area contributed by atoms with E-state index < -0.39 is 21.5 Å². The highest BCUT2D eigenvalue weighted by Crippen LogP contribution is 2.43. The first-order valence-electron chi connectivity index (χ1n) is 10.2. The van der Waals surface area contributed by atoms with E-state index in [9.17, 15) is 18.0 Å². The van der Waals surface area contributed by atoms with Crippen LogP contribution in [0.1, 0.15) is 31.2 Å². The first-order valence-corrected chi connectivity index (χ1v) is 11.8. The Morgan fingerprint density at radius 3 is 2.55 bits per heavy atom. The molecule has 0 bridgehead atoms. The molecule has 3 rings (SSSR count). The van der Waals surface area contributed by atoms with Crippen molar-refractivity contribution in [2.45, 2.75) is 38.1 Å². The zero-order valence-corrected chi connectivity index (χ0v) is 18.3. The molecule has 1 aromatic carbocycles. The lowest BCUT2D eigenvalue weighted by molar-refractivity contribution is -0.152. The molecule has 0 unspecified atom stereocenters. The van der Waals surface area contributed by atoms with Gasteiger partial charge in [0.05, 0.1) is 11.2 Å². The Morgan fingerprint density at radius 1 is 1.21 bits per heavy atom. The SMILES string of the molecule is CN(C)C(=O)[C@]12CCS(=O)(=O)N(C)[C@@H]1CCN(C(=O)CCCc1ccccc1)C2. The Labute approximate surface area is 173 Å². The van der Waals surface area contributed by atoms with Crippen LogP contribution in [0.25, 0.3) is 0 Å². The van der Waals surface area contributed by atoms with Gasteiger partial charge in [0, 0.05) is 46.7 Å². The highest BCUT2D eigenvalue weighted by molar-refractivity contribution is 7.89. The van der Waals surface area contributed by atoms with E-state index in [-0.39, 0.29) is 24.0 Å². The summed E-state index contributed by atoms with van der Waals surface area (Å²) in [6.45, 7) is 0.774. The van der Waals surface area contributed by atoms with Crippen LogP contribution in [-0.2, 0) is 26.0 Å². The minimum atomic E-state index is -3.35. The first-order chi connectivity index (χ1) is 13.7. The number of aryl methyl sites for hydroxylation is 1.